The van der Waals surface area contributed by atoms with E-state index in [2.05, 4.69) is 21.2 Å². The van der Waals surface area contributed by atoms with Gasteiger partial charge in [-0.05, 0) is 12.1 Å². The van der Waals surface area contributed by atoms with Crippen LogP contribution in [0.2, 0.25) is 0 Å². The highest BCUT2D eigenvalue weighted by molar-refractivity contribution is 9.10. The molecule has 0 heterocycles. The lowest BCUT2D eigenvalue weighted by molar-refractivity contribution is 0.497. The fourth-order valence-corrected chi connectivity index (χ4v) is 1.87. The van der Waals surface area contributed by atoms with E-state index < -0.39 is 23.3 Å². The van der Waals surface area contributed by atoms with Gasteiger partial charge in [-0.3, -0.25) is 0 Å². The second-order valence-electron chi connectivity index (χ2n) is 3.84. The van der Waals surface area contributed by atoms with E-state index in [1.807, 2.05) is 0 Å². The molecule has 2 aromatic carbocycles. The summed E-state index contributed by atoms with van der Waals surface area (Å²) >= 11 is 3.10. The van der Waals surface area contributed by atoms with E-state index >= 15 is 0 Å². The summed E-state index contributed by atoms with van der Waals surface area (Å²) in [6, 6.07) is 5.61. The summed E-state index contributed by atoms with van der Waals surface area (Å²) in [5.41, 5.74) is -0.0907. The first-order valence-electron chi connectivity index (χ1n) is 5.29. The topological polar surface area (TPSA) is 12.0 Å². The van der Waals surface area contributed by atoms with Gasteiger partial charge in [0.1, 0.15) is 11.6 Å². The van der Waals surface area contributed by atoms with Crippen LogP contribution in [0.3, 0.4) is 0 Å². The molecule has 0 saturated heterocycles. The largest absolute Gasteiger partial charge is 0.378 e. The first-order chi connectivity index (χ1) is 8.97. The van der Waals surface area contributed by atoms with Gasteiger partial charge >= 0.3 is 0 Å². The Balaban J connectivity index is 2.19. The molecule has 1 nitrogen and oxygen atoms in total. The minimum absolute atomic E-state index is 0.0844. The summed E-state index contributed by atoms with van der Waals surface area (Å²) < 4.78 is 53.3. The predicted octanol–water partition coefficient (Wildman–Crippen LogP) is 4.62. The van der Waals surface area contributed by atoms with Gasteiger partial charge in [0.15, 0.2) is 11.6 Å². The molecule has 0 atom stereocenters. The number of benzene rings is 2. The van der Waals surface area contributed by atoms with Crippen LogP contribution in [0.15, 0.2) is 34.8 Å². The lowest BCUT2D eigenvalue weighted by atomic mass is 10.2. The van der Waals surface area contributed by atoms with E-state index in [1.54, 1.807) is 6.07 Å². The van der Waals surface area contributed by atoms with Crippen LogP contribution in [0, 0.1) is 23.3 Å². The molecule has 0 spiro atoms. The number of anilines is 1. The van der Waals surface area contributed by atoms with Crippen molar-refractivity contribution in [3.63, 3.8) is 0 Å². The van der Waals surface area contributed by atoms with E-state index in [0.717, 1.165) is 6.07 Å². The van der Waals surface area contributed by atoms with Gasteiger partial charge in [0.2, 0.25) is 0 Å². The summed E-state index contributed by atoms with van der Waals surface area (Å²) in [6.07, 6.45) is 0. The normalized spacial score (nSPS) is 10.6. The maximum Gasteiger partial charge on any atom is 0.182 e. The van der Waals surface area contributed by atoms with Crippen molar-refractivity contribution < 1.29 is 17.6 Å². The van der Waals surface area contributed by atoms with Crippen LogP contribution in [0.5, 0.6) is 0 Å². The van der Waals surface area contributed by atoms with Crippen LogP contribution in [-0.4, -0.2) is 0 Å². The molecule has 0 radical (unpaired) electrons. The van der Waals surface area contributed by atoms with Gasteiger partial charge in [0.25, 0.3) is 0 Å². The van der Waals surface area contributed by atoms with Crippen LogP contribution < -0.4 is 5.32 Å². The molecule has 0 aliphatic rings. The highest BCUT2D eigenvalue weighted by Crippen LogP contribution is 2.21. The maximum absolute atomic E-state index is 13.5. The molecule has 19 heavy (non-hydrogen) atoms. The number of rotatable bonds is 3. The molecule has 0 aliphatic heterocycles. The average molecular weight is 334 g/mol. The van der Waals surface area contributed by atoms with Crippen molar-refractivity contribution in [2.75, 3.05) is 5.32 Å². The second kappa shape index (κ2) is 5.61. The molecule has 0 aliphatic carbocycles. The van der Waals surface area contributed by atoms with E-state index in [9.17, 15) is 17.6 Å². The number of hydrogen-bond donors (Lipinski definition) is 1. The maximum atomic E-state index is 13.5. The molecule has 2 aromatic rings. The molecule has 1 N–H and O–H groups in total. The standard InChI is InChI=1S/C13H8BrF4N/c14-8-2-1-7(10(16)3-8)6-19-12-5-9(15)4-11(17)13(12)18/h1-5,19H,6H2. The van der Waals surface area contributed by atoms with Gasteiger partial charge in [-0.1, -0.05) is 22.0 Å². The summed E-state index contributed by atoms with van der Waals surface area (Å²) in [5.74, 6) is -3.89. The molecule has 0 amide bonds. The van der Waals surface area contributed by atoms with Gasteiger partial charge in [-0.15, -0.1) is 0 Å². The molecule has 2 rings (SSSR count). The summed E-state index contributed by atoms with van der Waals surface area (Å²) in [6.45, 7) is -0.0844. The van der Waals surface area contributed by atoms with Gasteiger partial charge < -0.3 is 5.32 Å². The van der Waals surface area contributed by atoms with Crippen molar-refractivity contribution in [1.82, 2.24) is 0 Å². The van der Waals surface area contributed by atoms with Crippen LogP contribution >= 0.6 is 15.9 Å². The number of halogens is 5. The molecule has 0 fully saturated rings. The molecular formula is C13H8BrF4N. The molecule has 0 bridgehead atoms. The Labute approximate surface area is 115 Å². The van der Waals surface area contributed by atoms with Crippen molar-refractivity contribution in [3.8, 4) is 0 Å². The quantitative estimate of drug-likeness (QED) is 0.638. The Hall–Kier alpha value is -1.56. The Morgan fingerprint density at radius 2 is 1.68 bits per heavy atom. The fraction of sp³-hybridized carbons (Fsp3) is 0.0769. The van der Waals surface area contributed by atoms with Gasteiger partial charge in [0.05, 0.1) is 5.69 Å². The highest BCUT2D eigenvalue weighted by atomic mass is 79.9. The molecule has 0 aromatic heterocycles. The lowest BCUT2D eigenvalue weighted by Gasteiger charge is -2.09. The van der Waals surface area contributed by atoms with Crippen molar-refractivity contribution in [2.24, 2.45) is 0 Å². The zero-order chi connectivity index (χ0) is 14.0. The first-order valence-corrected chi connectivity index (χ1v) is 6.09. The van der Waals surface area contributed by atoms with E-state index in [0.29, 0.717) is 10.5 Å². The van der Waals surface area contributed by atoms with Crippen LogP contribution in [-0.2, 0) is 6.54 Å². The molecule has 0 unspecified atom stereocenters. The Bertz CT molecular complexity index is 616. The predicted molar refractivity (Wildman–Crippen MR) is 67.7 cm³/mol. The van der Waals surface area contributed by atoms with Crippen molar-refractivity contribution in [1.29, 1.82) is 0 Å². The summed E-state index contributed by atoms with van der Waals surface area (Å²) in [7, 11) is 0. The third-order valence-electron chi connectivity index (χ3n) is 2.48. The van der Waals surface area contributed by atoms with E-state index in [-0.39, 0.29) is 17.8 Å². The number of nitrogens with one attached hydrogen (secondary N) is 1. The SMILES string of the molecule is Fc1cc(F)c(F)c(NCc2ccc(Br)cc2F)c1. The molecular weight excluding hydrogens is 326 g/mol. The monoisotopic (exact) mass is 333 g/mol. The van der Waals surface area contributed by atoms with Crippen molar-refractivity contribution in [2.45, 2.75) is 6.54 Å². The highest BCUT2D eigenvalue weighted by Gasteiger charge is 2.11. The van der Waals surface area contributed by atoms with Gasteiger partial charge in [0, 0.05) is 28.7 Å². The van der Waals surface area contributed by atoms with Crippen molar-refractivity contribution >= 4 is 21.6 Å². The Morgan fingerprint density at radius 1 is 0.947 bits per heavy atom. The first kappa shape index (κ1) is 13.9. The fourth-order valence-electron chi connectivity index (χ4n) is 1.54. The van der Waals surface area contributed by atoms with E-state index in [4.69, 9.17) is 0 Å². The molecule has 0 saturated carbocycles. The average Bonchev–Trinajstić information content (AvgIpc) is 2.33. The number of hydrogen-bond acceptors (Lipinski definition) is 1. The molecule has 100 valence electrons. The zero-order valence-electron chi connectivity index (χ0n) is 9.48. The second-order valence-corrected chi connectivity index (χ2v) is 4.75. The smallest absolute Gasteiger partial charge is 0.182 e. The minimum atomic E-state index is -1.29. The van der Waals surface area contributed by atoms with Gasteiger partial charge in [-0.25, -0.2) is 17.6 Å². The van der Waals surface area contributed by atoms with Gasteiger partial charge in [-0.2, -0.15) is 0 Å². The van der Waals surface area contributed by atoms with Crippen LogP contribution in [0.25, 0.3) is 0 Å². The third kappa shape index (κ3) is 3.26. The lowest BCUT2D eigenvalue weighted by Crippen LogP contribution is -2.05. The summed E-state index contributed by atoms with van der Waals surface area (Å²) in [4.78, 5) is 0. The summed E-state index contributed by atoms with van der Waals surface area (Å²) in [5, 5.41) is 2.46. The van der Waals surface area contributed by atoms with Crippen LogP contribution in [0.4, 0.5) is 23.2 Å². The third-order valence-corrected chi connectivity index (χ3v) is 2.97. The molecule has 6 heteroatoms. The van der Waals surface area contributed by atoms with Crippen molar-refractivity contribution in [3.05, 3.63) is 63.6 Å². The Morgan fingerprint density at radius 3 is 2.37 bits per heavy atom. The van der Waals surface area contributed by atoms with E-state index in [1.165, 1.54) is 12.1 Å². The minimum Gasteiger partial charge on any atom is -0.378 e. The Kier molecular flexibility index (Phi) is 4.09. The zero-order valence-corrected chi connectivity index (χ0v) is 11.1. The van der Waals surface area contributed by atoms with Crippen LogP contribution in [0.1, 0.15) is 5.56 Å².